The van der Waals surface area contributed by atoms with Crippen molar-refractivity contribution >= 4 is 0 Å². The molecule has 3 rings (SSSR count). The highest BCUT2D eigenvalue weighted by atomic mass is 16.5. The Hall–Kier alpha value is -1.42. The Labute approximate surface area is 254 Å². The maximum absolute atomic E-state index is 6.23. The molecule has 0 unspecified atom stereocenters. The van der Waals surface area contributed by atoms with Gasteiger partial charge >= 0.3 is 0 Å². The van der Waals surface area contributed by atoms with Gasteiger partial charge in [0.1, 0.15) is 12.4 Å². The minimum absolute atomic E-state index is 0.511. The highest BCUT2D eigenvalue weighted by molar-refractivity contribution is 5.34. The van der Waals surface area contributed by atoms with E-state index >= 15 is 0 Å². The predicted octanol–water partition coefficient (Wildman–Crippen LogP) is -1.77. The molecule has 0 radical (unpaired) electrons. The largest absolute Gasteiger partial charge is 0.491 e. The van der Waals surface area contributed by atoms with Crippen LogP contribution in [-0.4, -0.2) is 154 Å². The Morgan fingerprint density at radius 3 is 1.31 bits per heavy atom. The molecule has 242 valence electrons. The molecule has 1 aromatic rings. The third-order valence-electron chi connectivity index (χ3n) is 7.30. The molecule has 42 heavy (non-hydrogen) atoms. The number of ether oxygens (including phenoxy) is 3. The summed E-state index contributed by atoms with van der Waals surface area (Å²) in [6.45, 7) is 21.1. The van der Waals surface area contributed by atoms with Gasteiger partial charge in [-0.15, -0.1) is 0 Å². The Balaban J connectivity index is 1.62. The first kappa shape index (κ1) is 35.1. The van der Waals surface area contributed by atoms with Crippen molar-refractivity contribution in [2.45, 2.75) is 13.1 Å². The van der Waals surface area contributed by atoms with Gasteiger partial charge in [0, 0.05) is 124 Å². The molecule has 1 aromatic carbocycles. The molecule has 2 fully saturated rings. The van der Waals surface area contributed by atoms with E-state index in [1.54, 1.807) is 0 Å². The van der Waals surface area contributed by atoms with Gasteiger partial charge in [-0.25, -0.2) is 0 Å². The highest BCUT2D eigenvalue weighted by Gasteiger charge is 2.12. The van der Waals surface area contributed by atoms with E-state index in [1.165, 1.54) is 11.1 Å². The smallest absolute Gasteiger partial charge is 0.120 e. The van der Waals surface area contributed by atoms with Gasteiger partial charge in [0.2, 0.25) is 0 Å². The summed E-state index contributed by atoms with van der Waals surface area (Å²) < 4.78 is 17.3. The Morgan fingerprint density at radius 2 is 0.881 bits per heavy atom. The number of nitrogens with one attached hydrogen (secondary N) is 6. The lowest BCUT2D eigenvalue weighted by Crippen LogP contribution is -2.41. The standard InChI is InChI=1S/C30H59N9O3/c31-1-18-40-19-20-41-21-22-42-30-24-28(26-38-14-10-34-6-2-32-3-7-35-11-15-38)23-29(25-30)27-39-16-12-36-8-4-33-5-9-37-13-17-39/h23-25,32-37H,1-22,26-27,31H2. The van der Waals surface area contributed by atoms with Crippen molar-refractivity contribution in [3.05, 3.63) is 29.3 Å². The van der Waals surface area contributed by atoms with Crippen molar-refractivity contribution in [1.29, 1.82) is 0 Å². The molecule has 2 heterocycles. The van der Waals surface area contributed by atoms with Gasteiger partial charge in [-0.05, 0) is 23.3 Å². The highest BCUT2D eigenvalue weighted by Crippen LogP contribution is 2.20. The second-order valence-corrected chi connectivity index (χ2v) is 10.9. The summed E-state index contributed by atoms with van der Waals surface area (Å²) in [6, 6.07) is 6.79. The predicted molar refractivity (Wildman–Crippen MR) is 170 cm³/mol. The molecule has 0 bridgehead atoms. The van der Waals surface area contributed by atoms with Crippen molar-refractivity contribution < 1.29 is 14.2 Å². The lowest BCUT2D eigenvalue weighted by Gasteiger charge is -2.26. The van der Waals surface area contributed by atoms with E-state index < -0.39 is 0 Å². The third kappa shape index (κ3) is 17.0. The quantitative estimate of drug-likeness (QED) is 0.131. The lowest BCUT2D eigenvalue weighted by molar-refractivity contribution is 0.0387. The molecular weight excluding hydrogens is 534 g/mol. The molecule has 12 nitrogen and oxygen atoms in total. The maximum Gasteiger partial charge on any atom is 0.120 e. The molecule has 0 spiro atoms. The SMILES string of the molecule is NCCOCCOCCOc1cc(CN2CCNCCNCCNCC2)cc(CN2CCNCCNCCNCC2)c1. The van der Waals surface area contributed by atoms with Gasteiger partial charge in [-0.3, -0.25) is 9.80 Å². The molecule has 12 heteroatoms. The molecule has 0 amide bonds. The first-order valence-corrected chi connectivity index (χ1v) is 16.1. The van der Waals surface area contributed by atoms with Crippen LogP contribution in [0, 0.1) is 0 Å². The van der Waals surface area contributed by atoms with Crippen molar-refractivity contribution in [3.63, 3.8) is 0 Å². The topological polar surface area (TPSA) is 132 Å². The normalized spacial score (nSPS) is 20.1. The lowest BCUT2D eigenvalue weighted by atomic mass is 10.1. The van der Waals surface area contributed by atoms with E-state index in [1.807, 2.05) is 0 Å². The van der Waals surface area contributed by atoms with E-state index in [4.69, 9.17) is 19.9 Å². The average Bonchev–Trinajstić information content (AvgIpc) is 2.97. The van der Waals surface area contributed by atoms with Gasteiger partial charge in [-0.2, -0.15) is 0 Å². The fraction of sp³-hybridized carbons (Fsp3) is 0.800. The second-order valence-electron chi connectivity index (χ2n) is 10.9. The van der Waals surface area contributed by atoms with Crippen LogP contribution in [0.25, 0.3) is 0 Å². The number of nitrogens with zero attached hydrogens (tertiary/aromatic N) is 2. The van der Waals surface area contributed by atoms with Crippen molar-refractivity contribution in [3.8, 4) is 5.75 Å². The number of hydrogen-bond donors (Lipinski definition) is 7. The Morgan fingerprint density at radius 1 is 0.500 bits per heavy atom. The molecule has 0 saturated carbocycles. The van der Waals surface area contributed by atoms with Gasteiger partial charge < -0.3 is 51.8 Å². The van der Waals surface area contributed by atoms with Crippen molar-refractivity contribution in [2.24, 2.45) is 5.73 Å². The summed E-state index contributed by atoms with van der Waals surface area (Å²) in [7, 11) is 0. The van der Waals surface area contributed by atoms with Crippen LogP contribution < -0.4 is 42.4 Å². The first-order chi connectivity index (χ1) is 20.8. The molecule has 8 N–H and O–H groups in total. The van der Waals surface area contributed by atoms with Gasteiger partial charge in [0.15, 0.2) is 0 Å². The average molecular weight is 594 g/mol. The Bertz CT molecular complexity index is 718. The second kappa shape index (κ2) is 24.0. The van der Waals surface area contributed by atoms with Crippen LogP contribution in [-0.2, 0) is 22.6 Å². The fourth-order valence-electron chi connectivity index (χ4n) is 5.08. The summed E-state index contributed by atoms with van der Waals surface area (Å²) in [5.41, 5.74) is 8.06. The van der Waals surface area contributed by atoms with E-state index in [0.717, 1.165) is 124 Å². The molecule has 2 aliphatic heterocycles. The summed E-state index contributed by atoms with van der Waals surface area (Å²) >= 11 is 0. The maximum atomic E-state index is 6.23. The van der Waals surface area contributed by atoms with Gasteiger partial charge in [-0.1, -0.05) is 6.07 Å². The molecule has 2 aliphatic rings. The number of benzene rings is 1. The van der Waals surface area contributed by atoms with Crippen LogP contribution in [0.3, 0.4) is 0 Å². The number of rotatable bonds is 13. The van der Waals surface area contributed by atoms with E-state index in [-0.39, 0.29) is 0 Å². The van der Waals surface area contributed by atoms with Crippen LogP contribution in [0.1, 0.15) is 11.1 Å². The van der Waals surface area contributed by atoms with Crippen molar-refractivity contribution in [1.82, 2.24) is 41.7 Å². The minimum Gasteiger partial charge on any atom is -0.491 e. The molecular formula is C30H59N9O3. The fourth-order valence-corrected chi connectivity index (χ4v) is 5.08. The monoisotopic (exact) mass is 593 g/mol. The summed E-state index contributed by atoms with van der Waals surface area (Å²) in [5, 5.41) is 21.3. The van der Waals surface area contributed by atoms with Crippen LogP contribution in [0.4, 0.5) is 0 Å². The van der Waals surface area contributed by atoms with E-state index in [0.29, 0.717) is 39.6 Å². The van der Waals surface area contributed by atoms with Crippen LogP contribution >= 0.6 is 0 Å². The minimum atomic E-state index is 0.511. The van der Waals surface area contributed by atoms with Gasteiger partial charge in [0.05, 0.1) is 26.4 Å². The molecule has 2 saturated heterocycles. The van der Waals surface area contributed by atoms with Crippen LogP contribution in [0.5, 0.6) is 5.75 Å². The molecule has 0 aliphatic carbocycles. The van der Waals surface area contributed by atoms with E-state index in [9.17, 15) is 0 Å². The van der Waals surface area contributed by atoms with Crippen LogP contribution in [0.2, 0.25) is 0 Å². The zero-order valence-corrected chi connectivity index (χ0v) is 25.9. The number of hydrogen-bond acceptors (Lipinski definition) is 12. The Kier molecular flexibility index (Phi) is 20.0. The third-order valence-corrected chi connectivity index (χ3v) is 7.30. The summed E-state index contributed by atoms with van der Waals surface area (Å²) in [6.07, 6.45) is 0. The number of nitrogens with two attached hydrogens (primary N) is 1. The van der Waals surface area contributed by atoms with Gasteiger partial charge in [0.25, 0.3) is 0 Å². The van der Waals surface area contributed by atoms with Crippen LogP contribution in [0.15, 0.2) is 18.2 Å². The van der Waals surface area contributed by atoms with Crippen molar-refractivity contribution in [2.75, 3.05) is 144 Å². The summed E-state index contributed by atoms with van der Waals surface area (Å²) in [4.78, 5) is 5.08. The zero-order chi connectivity index (χ0) is 29.3. The van der Waals surface area contributed by atoms with E-state index in [2.05, 4.69) is 59.9 Å². The molecule has 0 aromatic heterocycles. The zero-order valence-electron chi connectivity index (χ0n) is 25.9. The summed E-state index contributed by atoms with van der Waals surface area (Å²) in [5.74, 6) is 0.916. The molecule has 0 atom stereocenters. The first-order valence-electron chi connectivity index (χ1n) is 16.1.